The summed E-state index contributed by atoms with van der Waals surface area (Å²) in [6.45, 7) is 5.28. The molecule has 6 heteroatoms. The van der Waals surface area contributed by atoms with E-state index >= 15 is 0 Å². The van der Waals surface area contributed by atoms with Crippen LogP contribution in [-0.2, 0) is 16.0 Å². The number of carbonyl (C=O) groups excluding carboxylic acids is 2. The van der Waals surface area contributed by atoms with Gasteiger partial charge in [-0.05, 0) is 56.1 Å². The van der Waals surface area contributed by atoms with Crippen LogP contribution >= 0.6 is 0 Å². The Morgan fingerprint density at radius 2 is 1.90 bits per heavy atom. The number of benzene rings is 1. The predicted octanol–water partition coefficient (Wildman–Crippen LogP) is 3.31. The van der Waals surface area contributed by atoms with E-state index < -0.39 is 11.8 Å². The second-order valence-electron chi connectivity index (χ2n) is 8.49. The average Bonchev–Trinajstić information content (AvgIpc) is 3.11. The van der Waals surface area contributed by atoms with Gasteiger partial charge in [0.05, 0.1) is 5.69 Å². The van der Waals surface area contributed by atoms with Crippen molar-refractivity contribution >= 4 is 11.8 Å². The van der Waals surface area contributed by atoms with Crippen LogP contribution in [-0.4, -0.2) is 41.0 Å². The Balaban J connectivity index is 1.33. The monoisotopic (exact) mass is 395 g/mol. The third-order valence-corrected chi connectivity index (χ3v) is 6.36. The number of hydrogen-bond donors (Lipinski definition) is 1. The van der Waals surface area contributed by atoms with E-state index in [0.29, 0.717) is 19.0 Å². The van der Waals surface area contributed by atoms with Crippen LogP contribution in [0.2, 0.25) is 0 Å². The molecule has 2 heterocycles. The molecular weight excluding hydrogens is 366 g/mol. The van der Waals surface area contributed by atoms with Crippen molar-refractivity contribution in [3.8, 4) is 0 Å². The number of rotatable bonds is 2. The van der Waals surface area contributed by atoms with Gasteiger partial charge in [-0.1, -0.05) is 36.3 Å². The first kappa shape index (κ1) is 19.7. The summed E-state index contributed by atoms with van der Waals surface area (Å²) in [5.41, 5.74) is 3.51. The van der Waals surface area contributed by atoms with Crippen LogP contribution < -0.4 is 5.32 Å². The molecule has 0 spiro atoms. The van der Waals surface area contributed by atoms with Crippen LogP contribution in [0, 0.1) is 6.92 Å². The fourth-order valence-electron chi connectivity index (χ4n) is 4.63. The van der Waals surface area contributed by atoms with Gasteiger partial charge >= 0.3 is 11.8 Å². The number of likely N-dealkylation sites (tertiary alicyclic amines) is 1. The Bertz CT molecular complexity index is 883. The minimum Gasteiger partial charge on any atom is -0.361 e. The van der Waals surface area contributed by atoms with Crippen molar-refractivity contribution in [3.05, 3.63) is 52.9 Å². The SMILES string of the molecule is Cc1cc(C2CCN(C(=O)C(=O)NC3CCC(C)c4ccccc4C3)CC2)on1. The second kappa shape index (κ2) is 8.39. The van der Waals surface area contributed by atoms with E-state index in [0.717, 1.165) is 43.6 Å². The first-order valence-corrected chi connectivity index (χ1v) is 10.6. The molecule has 2 aliphatic rings. The van der Waals surface area contributed by atoms with Crippen LogP contribution in [0.1, 0.15) is 67.0 Å². The number of nitrogens with zero attached hydrogens (tertiary/aromatic N) is 2. The van der Waals surface area contributed by atoms with Gasteiger partial charge in [0.1, 0.15) is 5.76 Å². The van der Waals surface area contributed by atoms with Crippen molar-refractivity contribution in [1.82, 2.24) is 15.4 Å². The fourth-order valence-corrected chi connectivity index (χ4v) is 4.63. The highest BCUT2D eigenvalue weighted by molar-refractivity contribution is 6.35. The molecule has 1 aromatic carbocycles. The molecule has 0 saturated carbocycles. The van der Waals surface area contributed by atoms with Crippen LogP contribution in [0.3, 0.4) is 0 Å². The Morgan fingerprint density at radius 3 is 2.62 bits per heavy atom. The van der Waals surface area contributed by atoms with Crippen molar-refractivity contribution in [3.63, 3.8) is 0 Å². The first-order valence-electron chi connectivity index (χ1n) is 10.6. The van der Waals surface area contributed by atoms with E-state index in [-0.39, 0.29) is 12.0 Å². The van der Waals surface area contributed by atoms with E-state index in [1.807, 2.05) is 19.1 Å². The third-order valence-electron chi connectivity index (χ3n) is 6.36. The summed E-state index contributed by atoms with van der Waals surface area (Å²) in [5, 5.41) is 6.95. The molecule has 2 unspecified atom stereocenters. The maximum absolute atomic E-state index is 12.7. The summed E-state index contributed by atoms with van der Waals surface area (Å²) in [4.78, 5) is 27.0. The molecule has 2 atom stereocenters. The second-order valence-corrected chi connectivity index (χ2v) is 8.49. The summed E-state index contributed by atoms with van der Waals surface area (Å²) in [7, 11) is 0. The molecule has 0 radical (unpaired) electrons. The average molecular weight is 396 g/mol. The van der Waals surface area contributed by atoms with E-state index in [4.69, 9.17) is 4.52 Å². The summed E-state index contributed by atoms with van der Waals surface area (Å²) < 4.78 is 5.36. The maximum atomic E-state index is 12.7. The van der Waals surface area contributed by atoms with Gasteiger partial charge in [0.15, 0.2) is 0 Å². The van der Waals surface area contributed by atoms with E-state index in [1.54, 1.807) is 4.90 Å². The Hall–Kier alpha value is -2.63. The molecule has 1 aliphatic carbocycles. The molecule has 1 saturated heterocycles. The topological polar surface area (TPSA) is 75.4 Å². The van der Waals surface area contributed by atoms with Gasteiger partial charge < -0.3 is 14.7 Å². The van der Waals surface area contributed by atoms with Gasteiger partial charge in [-0.2, -0.15) is 0 Å². The zero-order valence-electron chi connectivity index (χ0n) is 17.2. The number of aromatic nitrogens is 1. The van der Waals surface area contributed by atoms with Gasteiger partial charge in [-0.15, -0.1) is 0 Å². The molecule has 2 aromatic rings. The maximum Gasteiger partial charge on any atom is 0.311 e. The summed E-state index contributed by atoms with van der Waals surface area (Å²) in [6, 6.07) is 10.4. The highest BCUT2D eigenvalue weighted by Gasteiger charge is 2.31. The minimum absolute atomic E-state index is 0.00672. The van der Waals surface area contributed by atoms with Gasteiger partial charge in [0, 0.05) is 31.1 Å². The molecule has 1 aliphatic heterocycles. The largest absolute Gasteiger partial charge is 0.361 e. The number of piperidine rings is 1. The molecule has 154 valence electrons. The predicted molar refractivity (Wildman–Crippen MR) is 110 cm³/mol. The lowest BCUT2D eigenvalue weighted by molar-refractivity contribution is -0.147. The van der Waals surface area contributed by atoms with Gasteiger partial charge in [0.2, 0.25) is 0 Å². The van der Waals surface area contributed by atoms with Crippen LogP contribution in [0.5, 0.6) is 0 Å². The number of nitrogens with one attached hydrogen (secondary N) is 1. The van der Waals surface area contributed by atoms with Gasteiger partial charge in [0.25, 0.3) is 0 Å². The number of amides is 2. The van der Waals surface area contributed by atoms with Crippen molar-refractivity contribution in [1.29, 1.82) is 0 Å². The van der Waals surface area contributed by atoms with Crippen LogP contribution in [0.15, 0.2) is 34.9 Å². The van der Waals surface area contributed by atoms with Crippen LogP contribution in [0.25, 0.3) is 0 Å². The van der Waals surface area contributed by atoms with Crippen molar-refractivity contribution in [2.75, 3.05) is 13.1 Å². The van der Waals surface area contributed by atoms with Crippen molar-refractivity contribution < 1.29 is 14.1 Å². The molecule has 2 amide bonds. The number of carbonyl (C=O) groups is 2. The highest BCUT2D eigenvalue weighted by atomic mass is 16.5. The molecule has 4 rings (SSSR count). The zero-order valence-corrected chi connectivity index (χ0v) is 17.2. The minimum atomic E-state index is -0.476. The van der Waals surface area contributed by atoms with Gasteiger partial charge in [-0.3, -0.25) is 9.59 Å². The smallest absolute Gasteiger partial charge is 0.311 e. The standard InChI is InChI=1S/C23H29N3O3/c1-15-7-8-19(14-18-5-3-4-6-20(15)18)24-22(27)23(28)26-11-9-17(10-12-26)21-13-16(2)25-29-21/h3-6,13,15,17,19H,7-12,14H2,1-2H3,(H,24,27). The zero-order chi connectivity index (χ0) is 20.4. The third kappa shape index (κ3) is 4.36. The lowest BCUT2D eigenvalue weighted by atomic mass is 9.94. The molecule has 0 bridgehead atoms. The molecule has 1 fully saturated rings. The summed E-state index contributed by atoms with van der Waals surface area (Å²) in [5.74, 6) is 0.731. The van der Waals surface area contributed by atoms with E-state index in [9.17, 15) is 9.59 Å². The van der Waals surface area contributed by atoms with Crippen molar-refractivity contribution in [2.24, 2.45) is 0 Å². The molecule has 1 N–H and O–H groups in total. The quantitative estimate of drug-likeness (QED) is 0.625. The fraction of sp³-hybridized carbons (Fsp3) is 0.522. The van der Waals surface area contributed by atoms with E-state index in [1.165, 1.54) is 11.1 Å². The summed E-state index contributed by atoms with van der Waals surface area (Å²) in [6.07, 6.45) is 4.27. The highest BCUT2D eigenvalue weighted by Crippen LogP contribution is 2.30. The molecular formula is C23H29N3O3. The lowest BCUT2D eigenvalue weighted by Gasteiger charge is -2.30. The normalized spacial score (nSPS) is 22.6. The van der Waals surface area contributed by atoms with Gasteiger partial charge in [-0.25, -0.2) is 0 Å². The first-order chi connectivity index (χ1) is 14.0. The Labute approximate surface area is 171 Å². The number of hydrogen-bond acceptors (Lipinski definition) is 4. The van der Waals surface area contributed by atoms with Crippen LogP contribution in [0.4, 0.5) is 0 Å². The van der Waals surface area contributed by atoms with Crippen molar-refractivity contribution in [2.45, 2.75) is 63.8 Å². The number of fused-ring (bicyclic) bond motifs is 1. The number of aryl methyl sites for hydroxylation is 1. The Kier molecular flexibility index (Phi) is 5.69. The lowest BCUT2D eigenvalue weighted by Crippen LogP contribution is -2.49. The molecule has 1 aromatic heterocycles. The molecule has 29 heavy (non-hydrogen) atoms. The summed E-state index contributed by atoms with van der Waals surface area (Å²) >= 11 is 0. The Morgan fingerprint density at radius 1 is 1.14 bits per heavy atom. The molecule has 6 nitrogen and oxygen atoms in total. The van der Waals surface area contributed by atoms with E-state index in [2.05, 4.69) is 35.6 Å².